The van der Waals surface area contributed by atoms with Gasteiger partial charge in [-0.25, -0.2) is 4.79 Å². The standard InChI is InChI=1S/C29H28O3P.BrH/c1-2-31-29(30)22-32-25-20-18-24(19-21-25)23-33(26-12-6-3-7-13-26,27-14-8-4-9-15-27)28-16-10-5-11-17-28;/h3-21H,2,22-23H2,1H3;1H/q+1;/p-1. The fraction of sp³-hybridized carbons (Fsp3) is 0.138. The minimum absolute atomic E-state index is 0. The molecule has 5 heteroatoms. The lowest BCUT2D eigenvalue weighted by molar-refractivity contribution is -0.145. The Morgan fingerprint density at radius 1 is 0.676 bits per heavy atom. The van der Waals surface area contributed by atoms with Crippen LogP contribution in [0, 0.1) is 0 Å². The quantitative estimate of drug-likeness (QED) is 0.244. The monoisotopic (exact) mass is 534 g/mol. The van der Waals surface area contributed by atoms with E-state index in [0.717, 1.165) is 6.16 Å². The summed E-state index contributed by atoms with van der Waals surface area (Å²) in [6.07, 6.45) is 0.892. The van der Waals surface area contributed by atoms with Crippen molar-refractivity contribution in [2.75, 3.05) is 13.2 Å². The molecule has 0 saturated heterocycles. The number of esters is 1. The third kappa shape index (κ3) is 5.94. The van der Waals surface area contributed by atoms with Gasteiger partial charge < -0.3 is 26.5 Å². The zero-order chi connectivity index (χ0) is 22.9. The summed E-state index contributed by atoms with van der Waals surface area (Å²) < 4.78 is 10.5. The van der Waals surface area contributed by atoms with Gasteiger partial charge in [0.15, 0.2) is 6.61 Å². The van der Waals surface area contributed by atoms with Crippen LogP contribution in [0.25, 0.3) is 0 Å². The van der Waals surface area contributed by atoms with Gasteiger partial charge in [-0.05, 0) is 61.0 Å². The maximum Gasteiger partial charge on any atom is 0.344 e. The van der Waals surface area contributed by atoms with Crippen LogP contribution in [-0.2, 0) is 15.7 Å². The number of halogens is 1. The molecule has 0 aromatic heterocycles. The molecular formula is C29H28BrO3P. The molecule has 0 spiro atoms. The summed E-state index contributed by atoms with van der Waals surface area (Å²) in [5.74, 6) is 0.304. The Bertz CT molecular complexity index is 1050. The third-order valence-corrected chi connectivity index (χ3v) is 9.97. The molecular weight excluding hydrogens is 507 g/mol. The van der Waals surface area contributed by atoms with Crippen LogP contribution in [-0.4, -0.2) is 19.2 Å². The van der Waals surface area contributed by atoms with Crippen molar-refractivity contribution in [3.8, 4) is 5.75 Å². The minimum Gasteiger partial charge on any atom is -1.00 e. The predicted octanol–water partition coefficient (Wildman–Crippen LogP) is 2.13. The molecule has 0 radical (unpaired) electrons. The van der Waals surface area contributed by atoms with Crippen LogP contribution in [0.1, 0.15) is 12.5 Å². The molecule has 0 unspecified atom stereocenters. The largest absolute Gasteiger partial charge is 1.00 e. The lowest BCUT2D eigenvalue weighted by atomic mass is 10.2. The highest BCUT2D eigenvalue weighted by molar-refractivity contribution is 7.95. The van der Waals surface area contributed by atoms with Crippen molar-refractivity contribution in [1.29, 1.82) is 0 Å². The van der Waals surface area contributed by atoms with Crippen molar-refractivity contribution < 1.29 is 31.2 Å². The molecule has 0 atom stereocenters. The maximum atomic E-state index is 11.6. The number of rotatable bonds is 9. The highest BCUT2D eigenvalue weighted by Gasteiger charge is 2.45. The highest BCUT2D eigenvalue weighted by atomic mass is 79.9. The highest BCUT2D eigenvalue weighted by Crippen LogP contribution is 2.58. The Hall–Kier alpha value is -2.94. The topological polar surface area (TPSA) is 35.5 Å². The molecule has 3 nitrogen and oxygen atoms in total. The second-order valence-electron chi connectivity index (χ2n) is 7.71. The van der Waals surface area contributed by atoms with Gasteiger partial charge in [0, 0.05) is 0 Å². The fourth-order valence-corrected chi connectivity index (χ4v) is 8.32. The van der Waals surface area contributed by atoms with Crippen molar-refractivity contribution in [1.82, 2.24) is 0 Å². The van der Waals surface area contributed by atoms with Gasteiger partial charge in [-0.3, -0.25) is 0 Å². The molecule has 4 aromatic rings. The zero-order valence-corrected chi connectivity index (χ0v) is 21.6. The van der Waals surface area contributed by atoms with E-state index in [2.05, 4.69) is 103 Å². The molecule has 0 aliphatic heterocycles. The maximum absolute atomic E-state index is 11.6. The van der Waals surface area contributed by atoms with E-state index >= 15 is 0 Å². The van der Waals surface area contributed by atoms with Crippen LogP contribution in [0.3, 0.4) is 0 Å². The van der Waals surface area contributed by atoms with E-state index in [1.165, 1.54) is 21.5 Å². The molecule has 0 heterocycles. The number of benzene rings is 4. The predicted molar refractivity (Wildman–Crippen MR) is 137 cm³/mol. The normalized spacial score (nSPS) is 10.7. The van der Waals surface area contributed by atoms with Crippen molar-refractivity contribution in [2.24, 2.45) is 0 Å². The first-order chi connectivity index (χ1) is 16.2. The summed E-state index contributed by atoms with van der Waals surface area (Å²) in [5, 5.41) is 4.06. The average Bonchev–Trinajstić information content (AvgIpc) is 2.88. The van der Waals surface area contributed by atoms with Crippen LogP contribution in [0.15, 0.2) is 115 Å². The van der Waals surface area contributed by atoms with Crippen LogP contribution in [0.4, 0.5) is 0 Å². The number of carbonyl (C=O) groups excluding carboxylic acids is 1. The first-order valence-corrected chi connectivity index (χ1v) is 13.1. The number of hydrogen-bond acceptors (Lipinski definition) is 3. The van der Waals surface area contributed by atoms with Crippen molar-refractivity contribution >= 4 is 29.1 Å². The minimum atomic E-state index is -1.95. The number of ether oxygens (including phenoxy) is 2. The molecule has 4 rings (SSSR count). The van der Waals surface area contributed by atoms with Crippen LogP contribution < -0.4 is 37.6 Å². The lowest BCUT2D eigenvalue weighted by Crippen LogP contribution is -3.00. The van der Waals surface area contributed by atoms with E-state index in [9.17, 15) is 4.79 Å². The average molecular weight is 535 g/mol. The summed E-state index contributed by atoms with van der Waals surface area (Å²) in [4.78, 5) is 11.6. The molecule has 0 saturated carbocycles. The van der Waals surface area contributed by atoms with Gasteiger partial charge in [0.1, 0.15) is 28.9 Å². The van der Waals surface area contributed by atoms with Gasteiger partial charge in [-0.1, -0.05) is 66.7 Å². The third-order valence-electron chi connectivity index (χ3n) is 5.60. The van der Waals surface area contributed by atoms with Gasteiger partial charge in [0.2, 0.25) is 0 Å². The molecule has 0 bridgehead atoms. The van der Waals surface area contributed by atoms with Crippen molar-refractivity contribution in [3.05, 3.63) is 121 Å². The lowest BCUT2D eigenvalue weighted by Gasteiger charge is -2.28. The van der Waals surface area contributed by atoms with Crippen molar-refractivity contribution in [2.45, 2.75) is 13.1 Å². The molecule has 0 aliphatic carbocycles. The van der Waals surface area contributed by atoms with Gasteiger partial charge in [-0.2, -0.15) is 0 Å². The molecule has 0 aliphatic rings. The molecule has 4 aromatic carbocycles. The smallest absolute Gasteiger partial charge is 0.344 e. The number of hydrogen-bond donors (Lipinski definition) is 0. The van der Waals surface area contributed by atoms with E-state index < -0.39 is 7.26 Å². The Morgan fingerprint density at radius 2 is 1.12 bits per heavy atom. The second-order valence-corrected chi connectivity index (χ2v) is 11.2. The number of carbonyl (C=O) groups is 1. The molecule has 0 fully saturated rings. The van der Waals surface area contributed by atoms with Gasteiger partial charge in [-0.15, -0.1) is 0 Å². The fourth-order valence-electron chi connectivity index (χ4n) is 4.08. The first-order valence-electron chi connectivity index (χ1n) is 11.1. The molecule has 174 valence electrons. The van der Waals surface area contributed by atoms with Crippen LogP contribution in [0.5, 0.6) is 5.75 Å². The molecule has 0 amide bonds. The summed E-state index contributed by atoms with van der Waals surface area (Å²) in [7, 11) is -1.95. The van der Waals surface area contributed by atoms with Crippen LogP contribution >= 0.6 is 7.26 Å². The molecule has 34 heavy (non-hydrogen) atoms. The second kappa shape index (κ2) is 12.5. The first kappa shape index (κ1) is 25.7. The van der Waals surface area contributed by atoms with E-state index in [1.54, 1.807) is 6.92 Å². The van der Waals surface area contributed by atoms with E-state index in [-0.39, 0.29) is 29.6 Å². The zero-order valence-electron chi connectivity index (χ0n) is 19.1. The summed E-state index contributed by atoms with van der Waals surface area (Å²) in [6.45, 7) is 2.06. The Kier molecular flexibility index (Phi) is 9.44. The van der Waals surface area contributed by atoms with E-state index in [4.69, 9.17) is 9.47 Å². The Labute approximate surface area is 212 Å². The Balaban J connectivity index is 0.00000324. The Morgan fingerprint density at radius 3 is 1.53 bits per heavy atom. The molecule has 0 N–H and O–H groups in total. The SMILES string of the molecule is CCOC(=O)COc1ccc(C[P+](c2ccccc2)(c2ccccc2)c2ccccc2)cc1.[Br-]. The van der Waals surface area contributed by atoms with Crippen LogP contribution in [0.2, 0.25) is 0 Å². The van der Waals surface area contributed by atoms with Gasteiger partial charge in [0.05, 0.1) is 12.8 Å². The summed E-state index contributed by atoms with van der Waals surface area (Å²) in [5.41, 5.74) is 1.23. The summed E-state index contributed by atoms with van der Waals surface area (Å²) in [6, 6.07) is 40.6. The van der Waals surface area contributed by atoms with E-state index in [1.807, 2.05) is 12.1 Å². The summed E-state index contributed by atoms with van der Waals surface area (Å²) >= 11 is 0. The van der Waals surface area contributed by atoms with Gasteiger partial charge >= 0.3 is 5.97 Å². The van der Waals surface area contributed by atoms with Crippen molar-refractivity contribution in [3.63, 3.8) is 0 Å². The van der Waals surface area contributed by atoms with E-state index in [0.29, 0.717) is 12.4 Å². The van der Waals surface area contributed by atoms with Gasteiger partial charge in [0.25, 0.3) is 0 Å².